The molecule has 48 valence electrons. The van der Waals surface area contributed by atoms with E-state index in [-0.39, 0.29) is 0 Å². The molecule has 1 aliphatic rings. The minimum atomic E-state index is 0.861. The summed E-state index contributed by atoms with van der Waals surface area (Å²) in [5, 5.41) is 0. The highest BCUT2D eigenvalue weighted by molar-refractivity contribution is 4.72. The molecule has 0 amide bonds. The minimum Gasteiger partial charge on any atom is -0.301 e. The minimum absolute atomic E-state index is 0.861. The molecular weight excluding hydrogens is 98.1 g/mol. The molecule has 1 heterocycles. The summed E-state index contributed by atoms with van der Waals surface area (Å²) in [5.74, 6) is 0. The Morgan fingerprint density at radius 2 is 2.38 bits per heavy atom. The van der Waals surface area contributed by atoms with Gasteiger partial charge >= 0.3 is 0 Å². The third-order valence-corrected chi connectivity index (χ3v) is 2.10. The molecule has 1 atom stereocenters. The summed E-state index contributed by atoms with van der Waals surface area (Å²) in [6, 6.07) is 0.861. The van der Waals surface area contributed by atoms with Crippen LogP contribution in [0.15, 0.2) is 0 Å². The van der Waals surface area contributed by atoms with Crippen LogP contribution in [-0.2, 0) is 0 Å². The van der Waals surface area contributed by atoms with Gasteiger partial charge in [0.05, 0.1) is 0 Å². The molecule has 1 unspecified atom stereocenters. The fraction of sp³-hybridized carbons (Fsp3) is 1.00. The molecule has 1 rings (SSSR count). The molecule has 1 fully saturated rings. The van der Waals surface area contributed by atoms with E-state index in [1.54, 1.807) is 0 Å². The van der Waals surface area contributed by atoms with Gasteiger partial charge < -0.3 is 4.90 Å². The van der Waals surface area contributed by atoms with Crippen LogP contribution in [-0.4, -0.2) is 24.0 Å². The average Bonchev–Trinajstić information content (AvgIpc) is 2.14. The van der Waals surface area contributed by atoms with E-state index in [4.69, 9.17) is 0 Å². The van der Waals surface area contributed by atoms with E-state index in [0.29, 0.717) is 0 Å². The van der Waals surface area contributed by atoms with Gasteiger partial charge in [-0.2, -0.15) is 0 Å². The summed E-state index contributed by atoms with van der Waals surface area (Å²) < 4.78 is 0. The molecule has 0 bridgehead atoms. The first-order valence-electron chi connectivity index (χ1n) is 3.58. The van der Waals surface area contributed by atoms with Crippen molar-refractivity contribution in [3.8, 4) is 0 Å². The van der Waals surface area contributed by atoms with Crippen LogP contribution in [0.4, 0.5) is 0 Å². The van der Waals surface area contributed by atoms with E-state index in [9.17, 15) is 0 Å². The van der Waals surface area contributed by atoms with Gasteiger partial charge in [0.15, 0.2) is 0 Å². The van der Waals surface area contributed by atoms with Crippen molar-refractivity contribution in [2.45, 2.75) is 32.7 Å². The summed E-state index contributed by atoms with van der Waals surface area (Å²) in [6.07, 6.45) is 2.82. The monoisotopic (exact) mass is 113 g/mol. The molecule has 0 N–H and O–H groups in total. The van der Waals surface area contributed by atoms with Crippen molar-refractivity contribution in [1.82, 2.24) is 4.90 Å². The lowest BCUT2D eigenvalue weighted by molar-refractivity contribution is 0.284. The van der Waals surface area contributed by atoms with Crippen LogP contribution in [0.1, 0.15) is 26.7 Å². The Labute approximate surface area is 51.7 Å². The predicted molar refractivity (Wildman–Crippen MR) is 35.9 cm³/mol. The van der Waals surface area contributed by atoms with Crippen molar-refractivity contribution in [3.05, 3.63) is 0 Å². The van der Waals surface area contributed by atoms with Gasteiger partial charge in [-0.25, -0.2) is 0 Å². The van der Waals surface area contributed by atoms with E-state index in [0.717, 1.165) is 6.04 Å². The standard InChI is InChI=1S/C7H15N/c1-3-8-6-4-5-7(8)2/h7H,3-6H2,1-2H3. The smallest absolute Gasteiger partial charge is 0.00672 e. The first kappa shape index (κ1) is 6.09. The summed E-state index contributed by atoms with van der Waals surface area (Å²) in [5.41, 5.74) is 0. The fourth-order valence-corrected chi connectivity index (χ4v) is 1.46. The maximum Gasteiger partial charge on any atom is 0.00672 e. The lowest BCUT2D eigenvalue weighted by Gasteiger charge is -2.17. The zero-order valence-corrected chi connectivity index (χ0v) is 5.85. The molecule has 1 aliphatic heterocycles. The van der Waals surface area contributed by atoms with Gasteiger partial charge in [0.2, 0.25) is 0 Å². The summed E-state index contributed by atoms with van der Waals surface area (Å²) in [4.78, 5) is 2.53. The first-order valence-corrected chi connectivity index (χ1v) is 3.58. The number of hydrogen-bond acceptors (Lipinski definition) is 1. The Hall–Kier alpha value is -0.0400. The molecule has 0 radical (unpaired) electrons. The molecule has 1 saturated heterocycles. The third kappa shape index (κ3) is 1.03. The maximum absolute atomic E-state index is 2.53. The zero-order valence-electron chi connectivity index (χ0n) is 5.85. The van der Waals surface area contributed by atoms with Crippen molar-refractivity contribution in [2.75, 3.05) is 13.1 Å². The van der Waals surface area contributed by atoms with Crippen molar-refractivity contribution < 1.29 is 0 Å². The summed E-state index contributed by atoms with van der Waals surface area (Å²) in [6.45, 7) is 7.12. The molecule has 1 heteroatoms. The van der Waals surface area contributed by atoms with Crippen LogP contribution in [0.5, 0.6) is 0 Å². The molecule has 0 saturated carbocycles. The Morgan fingerprint density at radius 3 is 2.62 bits per heavy atom. The Bertz CT molecular complexity index is 70.8. The van der Waals surface area contributed by atoms with Crippen LogP contribution >= 0.6 is 0 Å². The van der Waals surface area contributed by atoms with Crippen molar-refractivity contribution >= 4 is 0 Å². The van der Waals surface area contributed by atoms with Gasteiger partial charge in [0.25, 0.3) is 0 Å². The molecule has 0 aromatic heterocycles. The lowest BCUT2D eigenvalue weighted by Crippen LogP contribution is -2.25. The van der Waals surface area contributed by atoms with E-state index in [2.05, 4.69) is 18.7 Å². The van der Waals surface area contributed by atoms with Gasteiger partial charge in [0, 0.05) is 6.04 Å². The van der Waals surface area contributed by atoms with Crippen LogP contribution in [0.3, 0.4) is 0 Å². The van der Waals surface area contributed by atoms with E-state index in [1.165, 1.54) is 25.9 Å². The summed E-state index contributed by atoms with van der Waals surface area (Å²) >= 11 is 0. The molecule has 8 heavy (non-hydrogen) atoms. The second-order valence-electron chi connectivity index (χ2n) is 2.62. The van der Waals surface area contributed by atoms with Crippen molar-refractivity contribution in [2.24, 2.45) is 0 Å². The number of hydrogen-bond donors (Lipinski definition) is 0. The molecule has 1 nitrogen and oxygen atoms in total. The van der Waals surface area contributed by atoms with Gasteiger partial charge in [-0.15, -0.1) is 0 Å². The van der Waals surface area contributed by atoms with Crippen LogP contribution in [0.25, 0.3) is 0 Å². The third-order valence-electron chi connectivity index (χ3n) is 2.10. The molecule has 0 aliphatic carbocycles. The normalized spacial score (nSPS) is 31.5. The van der Waals surface area contributed by atoms with Crippen LogP contribution in [0.2, 0.25) is 0 Å². The number of likely N-dealkylation sites (tertiary alicyclic amines) is 1. The number of rotatable bonds is 1. The zero-order chi connectivity index (χ0) is 5.98. The van der Waals surface area contributed by atoms with Crippen LogP contribution in [0, 0.1) is 0 Å². The van der Waals surface area contributed by atoms with Gasteiger partial charge in [-0.1, -0.05) is 6.92 Å². The Kier molecular flexibility index (Phi) is 1.90. The number of nitrogens with zero attached hydrogens (tertiary/aromatic N) is 1. The second-order valence-corrected chi connectivity index (χ2v) is 2.62. The maximum atomic E-state index is 2.53. The van der Waals surface area contributed by atoms with Crippen molar-refractivity contribution in [1.29, 1.82) is 0 Å². The van der Waals surface area contributed by atoms with Gasteiger partial charge in [-0.3, -0.25) is 0 Å². The Morgan fingerprint density at radius 1 is 1.62 bits per heavy atom. The van der Waals surface area contributed by atoms with Gasteiger partial charge in [-0.05, 0) is 32.9 Å². The molecule has 0 aromatic carbocycles. The van der Waals surface area contributed by atoms with E-state index < -0.39 is 0 Å². The Balaban J connectivity index is 2.30. The molecular formula is C7H15N. The first-order chi connectivity index (χ1) is 3.84. The lowest BCUT2D eigenvalue weighted by atomic mass is 10.2. The topological polar surface area (TPSA) is 3.24 Å². The average molecular weight is 113 g/mol. The highest BCUT2D eigenvalue weighted by Gasteiger charge is 2.16. The molecule has 0 spiro atoms. The predicted octanol–water partition coefficient (Wildman–Crippen LogP) is 1.49. The fourth-order valence-electron chi connectivity index (χ4n) is 1.46. The highest BCUT2D eigenvalue weighted by atomic mass is 15.2. The highest BCUT2D eigenvalue weighted by Crippen LogP contribution is 2.14. The van der Waals surface area contributed by atoms with E-state index >= 15 is 0 Å². The largest absolute Gasteiger partial charge is 0.301 e. The quantitative estimate of drug-likeness (QED) is 0.498. The second kappa shape index (κ2) is 2.49. The SMILES string of the molecule is CCN1CCCC1C. The van der Waals surface area contributed by atoms with Crippen molar-refractivity contribution in [3.63, 3.8) is 0 Å². The summed E-state index contributed by atoms with van der Waals surface area (Å²) in [7, 11) is 0. The van der Waals surface area contributed by atoms with Crippen LogP contribution < -0.4 is 0 Å². The van der Waals surface area contributed by atoms with Gasteiger partial charge in [0.1, 0.15) is 0 Å². The molecule has 0 aromatic rings. The van der Waals surface area contributed by atoms with E-state index in [1.807, 2.05) is 0 Å².